The highest BCUT2D eigenvalue weighted by molar-refractivity contribution is 5.58. The fourth-order valence-corrected chi connectivity index (χ4v) is 1.35. The van der Waals surface area contributed by atoms with Gasteiger partial charge in [-0.3, -0.25) is 5.73 Å². The normalized spacial score (nSPS) is 15.9. The van der Waals surface area contributed by atoms with Gasteiger partial charge in [-0.1, -0.05) is 12.1 Å². The Labute approximate surface area is 89.2 Å². The van der Waals surface area contributed by atoms with Crippen molar-refractivity contribution in [2.24, 2.45) is 15.7 Å². The van der Waals surface area contributed by atoms with Crippen LogP contribution < -0.4 is 5.73 Å². The summed E-state index contributed by atoms with van der Waals surface area (Å²) in [7, 11) is 0. The maximum atomic E-state index is 9.67. The van der Waals surface area contributed by atoms with Gasteiger partial charge in [0.05, 0.1) is 5.56 Å². The molecule has 3 N–H and O–H groups in total. The Bertz CT molecular complexity index is 373. The van der Waals surface area contributed by atoms with Gasteiger partial charge >= 0.3 is 0 Å². The van der Waals surface area contributed by atoms with Crippen LogP contribution in [-0.4, -0.2) is 17.5 Å². The SMILES string of the molecule is CC=NC(N)(N=CC)c1ccccc1O. The molecule has 0 aliphatic heterocycles. The summed E-state index contributed by atoms with van der Waals surface area (Å²) in [5, 5.41) is 9.67. The Hall–Kier alpha value is -1.68. The zero-order chi connectivity index (χ0) is 11.3. The first-order valence-electron chi connectivity index (χ1n) is 4.71. The lowest BCUT2D eigenvalue weighted by molar-refractivity contribution is 0.425. The highest BCUT2D eigenvalue weighted by atomic mass is 16.3. The summed E-state index contributed by atoms with van der Waals surface area (Å²) in [5.74, 6) is -1.13. The van der Waals surface area contributed by atoms with Gasteiger partial charge in [0.25, 0.3) is 0 Å². The standard InChI is InChI=1S/C11H15N3O/c1-3-13-11(12,14-4-2)9-7-5-6-8-10(9)15/h3-8,15H,12H2,1-2H3. The molecule has 0 fully saturated rings. The molecule has 0 heterocycles. The molecule has 0 spiro atoms. The topological polar surface area (TPSA) is 71.0 Å². The first-order chi connectivity index (χ1) is 7.14. The Morgan fingerprint density at radius 3 is 2.20 bits per heavy atom. The molecular weight excluding hydrogens is 190 g/mol. The summed E-state index contributed by atoms with van der Waals surface area (Å²) in [4.78, 5) is 8.14. The van der Waals surface area contributed by atoms with E-state index in [0.29, 0.717) is 5.56 Å². The lowest BCUT2D eigenvalue weighted by Crippen LogP contribution is -2.32. The first kappa shape index (κ1) is 11.4. The third kappa shape index (κ3) is 2.41. The van der Waals surface area contributed by atoms with Gasteiger partial charge in [0.15, 0.2) is 0 Å². The minimum absolute atomic E-state index is 0.0937. The fourth-order valence-electron chi connectivity index (χ4n) is 1.35. The van der Waals surface area contributed by atoms with Crippen LogP contribution in [0.5, 0.6) is 5.75 Å². The number of nitrogens with two attached hydrogens (primary N) is 1. The number of hydrogen-bond acceptors (Lipinski definition) is 4. The molecule has 1 rings (SSSR count). The second-order valence-corrected chi connectivity index (χ2v) is 3.02. The third-order valence-electron chi connectivity index (χ3n) is 1.95. The van der Waals surface area contributed by atoms with Crippen LogP contribution in [0.3, 0.4) is 0 Å². The zero-order valence-corrected chi connectivity index (χ0v) is 8.88. The predicted octanol–water partition coefficient (Wildman–Crippen LogP) is 1.64. The smallest absolute Gasteiger partial charge is 0.231 e. The largest absolute Gasteiger partial charge is 0.507 e. The number of nitrogens with zero attached hydrogens (tertiary/aromatic N) is 2. The lowest BCUT2D eigenvalue weighted by Gasteiger charge is -2.21. The maximum absolute atomic E-state index is 9.67. The molecule has 0 aliphatic rings. The van der Waals surface area contributed by atoms with Crippen molar-refractivity contribution in [1.29, 1.82) is 0 Å². The maximum Gasteiger partial charge on any atom is 0.231 e. The minimum Gasteiger partial charge on any atom is -0.507 e. The van der Waals surface area contributed by atoms with Gasteiger partial charge in [-0.25, -0.2) is 9.98 Å². The second-order valence-electron chi connectivity index (χ2n) is 3.02. The average molecular weight is 205 g/mol. The molecular formula is C11H15N3O. The Balaban J connectivity index is 3.27. The molecule has 15 heavy (non-hydrogen) atoms. The van der Waals surface area contributed by atoms with E-state index < -0.39 is 5.79 Å². The van der Waals surface area contributed by atoms with E-state index in [4.69, 9.17) is 5.73 Å². The molecule has 0 amide bonds. The molecule has 0 bridgehead atoms. The van der Waals surface area contributed by atoms with E-state index in [1.807, 2.05) is 0 Å². The van der Waals surface area contributed by atoms with Crippen molar-refractivity contribution in [1.82, 2.24) is 0 Å². The van der Waals surface area contributed by atoms with Crippen LogP contribution in [0.4, 0.5) is 0 Å². The molecule has 1 aromatic carbocycles. The zero-order valence-electron chi connectivity index (χ0n) is 8.88. The van der Waals surface area contributed by atoms with Crippen LogP contribution in [-0.2, 0) is 5.79 Å². The Morgan fingerprint density at radius 1 is 1.20 bits per heavy atom. The summed E-state index contributed by atoms with van der Waals surface area (Å²) < 4.78 is 0. The summed E-state index contributed by atoms with van der Waals surface area (Å²) >= 11 is 0. The van der Waals surface area contributed by atoms with Crippen molar-refractivity contribution in [3.05, 3.63) is 29.8 Å². The number of para-hydroxylation sites is 1. The molecule has 0 saturated carbocycles. The van der Waals surface area contributed by atoms with Crippen molar-refractivity contribution in [3.8, 4) is 5.75 Å². The van der Waals surface area contributed by atoms with Gasteiger partial charge in [0.2, 0.25) is 5.79 Å². The van der Waals surface area contributed by atoms with Crippen molar-refractivity contribution in [3.63, 3.8) is 0 Å². The van der Waals surface area contributed by atoms with Gasteiger partial charge in [-0.05, 0) is 26.0 Å². The van der Waals surface area contributed by atoms with Crippen molar-refractivity contribution >= 4 is 12.4 Å². The molecule has 0 unspecified atom stereocenters. The van der Waals surface area contributed by atoms with Gasteiger partial charge in [-0.2, -0.15) is 0 Å². The first-order valence-corrected chi connectivity index (χ1v) is 4.71. The van der Waals surface area contributed by atoms with Crippen LogP contribution in [0.25, 0.3) is 0 Å². The number of phenolic OH excluding ortho intramolecular Hbond substituents is 1. The van der Waals surface area contributed by atoms with E-state index in [1.165, 1.54) is 0 Å². The predicted molar refractivity (Wildman–Crippen MR) is 62.3 cm³/mol. The Kier molecular flexibility index (Phi) is 3.57. The molecule has 0 aromatic heterocycles. The van der Waals surface area contributed by atoms with Gasteiger partial charge in [-0.15, -0.1) is 0 Å². The molecule has 80 valence electrons. The number of aromatic hydroxyl groups is 1. The van der Waals surface area contributed by atoms with E-state index in [1.54, 1.807) is 50.5 Å². The second kappa shape index (κ2) is 4.70. The van der Waals surface area contributed by atoms with E-state index >= 15 is 0 Å². The van der Waals surface area contributed by atoms with E-state index in [-0.39, 0.29) is 5.75 Å². The molecule has 0 saturated heterocycles. The van der Waals surface area contributed by atoms with Crippen molar-refractivity contribution in [2.45, 2.75) is 19.6 Å². The van der Waals surface area contributed by atoms with Crippen molar-refractivity contribution in [2.75, 3.05) is 0 Å². The monoisotopic (exact) mass is 205 g/mol. The molecule has 4 heteroatoms. The third-order valence-corrected chi connectivity index (χ3v) is 1.95. The lowest BCUT2D eigenvalue weighted by atomic mass is 10.1. The minimum atomic E-state index is -1.23. The molecule has 0 aliphatic carbocycles. The van der Waals surface area contributed by atoms with E-state index in [9.17, 15) is 5.11 Å². The highest BCUT2D eigenvalue weighted by Gasteiger charge is 2.26. The van der Waals surface area contributed by atoms with Gasteiger partial charge < -0.3 is 5.11 Å². The van der Waals surface area contributed by atoms with Gasteiger partial charge in [0.1, 0.15) is 5.75 Å². The van der Waals surface area contributed by atoms with Gasteiger partial charge in [0, 0.05) is 12.4 Å². The number of aliphatic imine (C=N–C) groups is 2. The molecule has 0 atom stereocenters. The average Bonchev–Trinajstić information content (AvgIpc) is 2.19. The quantitative estimate of drug-likeness (QED) is 0.736. The summed E-state index contributed by atoms with van der Waals surface area (Å²) in [6.45, 7) is 3.51. The molecule has 0 radical (unpaired) electrons. The summed E-state index contributed by atoms with van der Waals surface area (Å²) in [5.41, 5.74) is 6.47. The van der Waals surface area contributed by atoms with Crippen LogP contribution >= 0.6 is 0 Å². The number of phenols is 1. The number of hydrogen-bond donors (Lipinski definition) is 2. The van der Waals surface area contributed by atoms with E-state index in [0.717, 1.165) is 0 Å². The molecule has 1 aromatic rings. The summed E-state index contributed by atoms with van der Waals surface area (Å²) in [6.07, 6.45) is 3.14. The highest BCUT2D eigenvalue weighted by Crippen LogP contribution is 2.28. The van der Waals surface area contributed by atoms with Crippen LogP contribution in [0, 0.1) is 0 Å². The fraction of sp³-hybridized carbons (Fsp3) is 0.273. The van der Waals surface area contributed by atoms with E-state index in [2.05, 4.69) is 9.98 Å². The number of benzene rings is 1. The Morgan fingerprint density at radius 2 is 1.73 bits per heavy atom. The van der Waals surface area contributed by atoms with Crippen LogP contribution in [0.15, 0.2) is 34.3 Å². The van der Waals surface area contributed by atoms with Crippen molar-refractivity contribution < 1.29 is 5.11 Å². The molecule has 4 nitrogen and oxygen atoms in total. The van der Waals surface area contributed by atoms with Crippen LogP contribution in [0.2, 0.25) is 0 Å². The number of rotatable bonds is 3. The summed E-state index contributed by atoms with van der Waals surface area (Å²) in [6, 6.07) is 6.78. The van der Waals surface area contributed by atoms with Crippen LogP contribution in [0.1, 0.15) is 19.4 Å².